The van der Waals surface area contributed by atoms with E-state index in [0.717, 1.165) is 29.7 Å². The van der Waals surface area contributed by atoms with Gasteiger partial charge < -0.3 is 10.6 Å². The summed E-state index contributed by atoms with van der Waals surface area (Å²) in [5.74, 6) is -1.28. The maximum atomic E-state index is 13.0. The second kappa shape index (κ2) is 9.08. The predicted molar refractivity (Wildman–Crippen MR) is 122 cm³/mol. The number of amides is 7. The molecule has 2 saturated heterocycles. The molecule has 1 atom stereocenters. The molecule has 1 spiro atoms. The van der Waals surface area contributed by atoms with Crippen molar-refractivity contribution in [3.8, 4) is 0 Å². The first-order valence-corrected chi connectivity index (χ1v) is 11.8. The Morgan fingerprint density at radius 1 is 1.03 bits per heavy atom. The largest absolute Gasteiger partial charge is 0.344 e. The number of nitrogens with one attached hydrogen (secondary N) is 3. The third-order valence-electron chi connectivity index (χ3n) is 7.34. The molecule has 3 aliphatic rings. The molecule has 7 amide bonds. The average molecular weight is 470 g/mol. The second-order valence-electron chi connectivity index (χ2n) is 9.68. The van der Waals surface area contributed by atoms with Crippen molar-refractivity contribution in [1.82, 2.24) is 26.0 Å². The van der Waals surface area contributed by atoms with Crippen LogP contribution in [0.25, 0.3) is 0 Å². The predicted octanol–water partition coefficient (Wildman–Crippen LogP) is 1.85. The molecule has 10 nitrogen and oxygen atoms in total. The summed E-state index contributed by atoms with van der Waals surface area (Å²) in [4.78, 5) is 64.4. The Balaban J connectivity index is 1.35. The summed E-state index contributed by atoms with van der Waals surface area (Å²) in [5, 5.41) is 6.04. The fraction of sp³-hybridized carbons (Fsp3) is 0.542. The van der Waals surface area contributed by atoms with Gasteiger partial charge in [0.1, 0.15) is 17.6 Å². The molecule has 1 aliphatic carbocycles. The second-order valence-corrected chi connectivity index (χ2v) is 9.68. The highest BCUT2D eigenvalue weighted by Gasteiger charge is 2.53. The summed E-state index contributed by atoms with van der Waals surface area (Å²) in [5.41, 5.74) is 1.15. The molecule has 182 valence electrons. The molecule has 1 unspecified atom stereocenters. The van der Waals surface area contributed by atoms with Crippen LogP contribution in [0.5, 0.6) is 0 Å². The average Bonchev–Trinajstić information content (AvgIpc) is 3.18. The number of carbonyl (C=O) groups excluding carboxylic acids is 5. The Morgan fingerprint density at radius 2 is 1.71 bits per heavy atom. The molecular weight excluding hydrogens is 438 g/mol. The summed E-state index contributed by atoms with van der Waals surface area (Å²) in [6, 6.07) is 8.19. The lowest BCUT2D eigenvalue weighted by Crippen LogP contribution is -2.53. The number of urea groups is 2. The molecule has 2 heterocycles. The van der Waals surface area contributed by atoms with Crippen molar-refractivity contribution in [1.29, 1.82) is 0 Å². The molecule has 3 N–H and O–H groups in total. The quantitative estimate of drug-likeness (QED) is 0.525. The molecule has 2 aliphatic heterocycles. The maximum absolute atomic E-state index is 13.0. The molecule has 0 aromatic heterocycles. The van der Waals surface area contributed by atoms with E-state index in [1.807, 2.05) is 30.3 Å². The Kier molecular flexibility index (Phi) is 6.33. The molecule has 1 aromatic carbocycles. The van der Waals surface area contributed by atoms with Crippen LogP contribution in [0.3, 0.4) is 0 Å². The van der Waals surface area contributed by atoms with Gasteiger partial charge in [-0.2, -0.15) is 5.01 Å². The third-order valence-corrected chi connectivity index (χ3v) is 7.34. The molecular formula is C24H31N5O5. The van der Waals surface area contributed by atoms with Crippen molar-refractivity contribution in [2.75, 3.05) is 6.54 Å². The van der Waals surface area contributed by atoms with Gasteiger partial charge in [-0.05, 0) is 56.9 Å². The van der Waals surface area contributed by atoms with Crippen LogP contribution in [-0.4, -0.2) is 57.3 Å². The van der Waals surface area contributed by atoms with Gasteiger partial charge in [-0.25, -0.2) is 9.59 Å². The SMILES string of the molecule is CCC1CCC2(CC1)NC(=O)N(CC(=O)NN1C(=O)NC(C)(CCc3ccccc3)C1=O)C2=O. The van der Waals surface area contributed by atoms with Crippen LogP contribution in [0.15, 0.2) is 30.3 Å². The summed E-state index contributed by atoms with van der Waals surface area (Å²) >= 11 is 0. The molecule has 34 heavy (non-hydrogen) atoms. The highest BCUT2D eigenvalue weighted by Crippen LogP contribution is 2.37. The first-order valence-electron chi connectivity index (χ1n) is 11.8. The lowest BCUT2D eigenvalue weighted by molar-refractivity contribution is -0.141. The summed E-state index contributed by atoms with van der Waals surface area (Å²) < 4.78 is 0. The Morgan fingerprint density at radius 3 is 2.35 bits per heavy atom. The normalized spacial score (nSPS) is 28.9. The van der Waals surface area contributed by atoms with Crippen LogP contribution < -0.4 is 16.1 Å². The summed E-state index contributed by atoms with van der Waals surface area (Å²) in [6.45, 7) is 3.15. The van der Waals surface area contributed by atoms with E-state index in [9.17, 15) is 24.0 Å². The van der Waals surface area contributed by atoms with Crippen LogP contribution in [0.2, 0.25) is 0 Å². The molecule has 3 fully saturated rings. The minimum absolute atomic E-state index is 0.349. The third kappa shape index (κ3) is 4.36. The number of hydrogen-bond acceptors (Lipinski definition) is 5. The lowest BCUT2D eigenvalue weighted by Gasteiger charge is -2.34. The molecule has 0 bridgehead atoms. The zero-order valence-corrected chi connectivity index (χ0v) is 19.6. The standard InChI is InChI=1S/C24H31N5O5/c1-3-16-10-13-24(14-11-16)20(32)28(21(33)26-24)15-18(30)27-29-19(31)23(2,25-22(29)34)12-9-17-7-5-4-6-8-17/h4-8,16H,3,9-15H2,1-2H3,(H,25,34)(H,26,33)(H,27,30). The smallest absolute Gasteiger partial charge is 0.323 e. The van der Waals surface area contributed by atoms with Crippen molar-refractivity contribution in [3.63, 3.8) is 0 Å². The maximum Gasteiger partial charge on any atom is 0.344 e. The van der Waals surface area contributed by atoms with Crippen LogP contribution >= 0.6 is 0 Å². The molecule has 10 heteroatoms. The Hall–Kier alpha value is -3.43. The topological polar surface area (TPSA) is 128 Å². The monoisotopic (exact) mass is 469 g/mol. The number of carbonyl (C=O) groups is 5. The van der Waals surface area contributed by atoms with E-state index in [1.165, 1.54) is 0 Å². The zero-order chi connectivity index (χ0) is 24.5. The number of hydrogen-bond donors (Lipinski definition) is 3. The lowest BCUT2D eigenvalue weighted by atomic mass is 9.75. The van der Waals surface area contributed by atoms with E-state index < -0.39 is 47.4 Å². The first-order chi connectivity index (χ1) is 16.2. The number of nitrogens with zero attached hydrogens (tertiary/aromatic N) is 2. The van der Waals surface area contributed by atoms with Gasteiger partial charge in [0, 0.05) is 0 Å². The van der Waals surface area contributed by atoms with E-state index in [2.05, 4.69) is 23.0 Å². The van der Waals surface area contributed by atoms with E-state index in [1.54, 1.807) is 6.92 Å². The molecule has 1 aromatic rings. The van der Waals surface area contributed by atoms with Crippen molar-refractivity contribution in [2.45, 2.75) is 69.9 Å². The minimum Gasteiger partial charge on any atom is -0.323 e. The number of imide groups is 2. The Labute approximate surface area is 198 Å². The molecule has 0 radical (unpaired) electrons. The highest BCUT2D eigenvalue weighted by atomic mass is 16.2. The van der Waals surface area contributed by atoms with E-state index >= 15 is 0 Å². The fourth-order valence-electron chi connectivity index (χ4n) is 5.04. The number of benzene rings is 1. The highest BCUT2D eigenvalue weighted by molar-refractivity contribution is 6.10. The van der Waals surface area contributed by atoms with E-state index in [4.69, 9.17) is 0 Å². The van der Waals surface area contributed by atoms with Crippen LogP contribution in [0, 0.1) is 5.92 Å². The number of aryl methyl sites for hydroxylation is 1. The van der Waals surface area contributed by atoms with E-state index in [-0.39, 0.29) is 0 Å². The number of rotatable bonds is 7. The first kappa shape index (κ1) is 23.7. The van der Waals surface area contributed by atoms with Gasteiger partial charge in [-0.3, -0.25) is 24.7 Å². The minimum atomic E-state index is -1.18. The Bertz CT molecular complexity index is 1000. The van der Waals surface area contributed by atoms with Gasteiger partial charge in [0.15, 0.2) is 0 Å². The van der Waals surface area contributed by atoms with Gasteiger partial charge in [0.2, 0.25) is 0 Å². The summed E-state index contributed by atoms with van der Waals surface area (Å²) in [7, 11) is 0. The van der Waals surface area contributed by atoms with E-state index in [0.29, 0.717) is 36.6 Å². The van der Waals surface area contributed by atoms with Gasteiger partial charge in [-0.1, -0.05) is 43.7 Å². The van der Waals surface area contributed by atoms with Gasteiger partial charge in [0.25, 0.3) is 17.7 Å². The molecule has 4 rings (SSSR count). The van der Waals surface area contributed by atoms with Gasteiger partial charge in [-0.15, -0.1) is 0 Å². The van der Waals surface area contributed by atoms with Crippen LogP contribution in [-0.2, 0) is 20.8 Å². The van der Waals surface area contributed by atoms with Crippen LogP contribution in [0.4, 0.5) is 9.59 Å². The summed E-state index contributed by atoms with van der Waals surface area (Å²) in [6.07, 6.45) is 4.71. The van der Waals surface area contributed by atoms with Crippen molar-refractivity contribution in [3.05, 3.63) is 35.9 Å². The van der Waals surface area contributed by atoms with Crippen molar-refractivity contribution in [2.24, 2.45) is 5.92 Å². The number of hydrazine groups is 1. The fourth-order valence-corrected chi connectivity index (χ4v) is 5.04. The van der Waals surface area contributed by atoms with Crippen molar-refractivity contribution < 1.29 is 24.0 Å². The van der Waals surface area contributed by atoms with Gasteiger partial charge in [0.05, 0.1) is 0 Å². The van der Waals surface area contributed by atoms with Gasteiger partial charge >= 0.3 is 12.1 Å². The van der Waals surface area contributed by atoms with Crippen LogP contribution in [0.1, 0.15) is 57.9 Å². The zero-order valence-electron chi connectivity index (χ0n) is 19.6. The van der Waals surface area contributed by atoms with Crippen molar-refractivity contribution >= 4 is 29.8 Å². The molecule has 1 saturated carbocycles.